The molecule has 0 amide bonds. The predicted molar refractivity (Wildman–Crippen MR) is 47.8 cm³/mol. The van der Waals surface area contributed by atoms with Gasteiger partial charge in [-0.3, -0.25) is 0 Å². The fourth-order valence-corrected chi connectivity index (χ4v) is 0.842. The molecule has 66 valence electrons. The monoisotopic (exact) mass is 168 g/mol. The summed E-state index contributed by atoms with van der Waals surface area (Å²) < 4.78 is 5.11. The highest BCUT2D eigenvalue weighted by Gasteiger charge is 2.01. The van der Waals surface area contributed by atoms with Crippen molar-refractivity contribution < 1.29 is 9.84 Å². The molecule has 0 saturated heterocycles. The van der Waals surface area contributed by atoms with E-state index in [-0.39, 0.29) is 13.2 Å². The average molecular weight is 168 g/mol. The maximum Gasteiger partial charge on any atom is 0.144 e. The highest BCUT2D eigenvalue weighted by molar-refractivity contribution is 5.70. The van der Waals surface area contributed by atoms with Gasteiger partial charge in [0, 0.05) is 0 Å². The van der Waals surface area contributed by atoms with Crippen LogP contribution < -0.4 is 16.2 Å². The van der Waals surface area contributed by atoms with Crippen molar-refractivity contribution in [3.8, 4) is 5.75 Å². The smallest absolute Gasteiger partial charge is 0.144 e. The molecule has 12 heavy (non-hydrogen) atoms. The largest absolute Gasteiger partial charge is 0.489 e. The van der Waals surface area contributed by atoms with Crippen molar-refractivity contribution in [1.29, 1.82) is 0 Å². The van der Waals surface area contributed by atoms with Crippen LogP contribution in [-0.4, -0.2) is 18.3 Å². The van der Waals surface area contributed by atoms with Crippen LogP contribution in [0.1, 0.15) is 0 Å². The van der Waals surface area contributed by atoms with E-state index < -0.39 is 0 Å². The van der Waals surface area contributed by atoms with Crippen LogP contribution in [0.5, 0.6) is 5.75 Å². The molecule has 0 aliphatic carbocycles. The molecule has 0 radical (unpaired) electrons. The van der Waals surface area contributed by atoms with Gasteiger partial charge in [-0.1, -0.05) is 6.07 Å². The Morgan fingerprint density at radius 1 is 1.33 bits per heavy atom. The Bertz CT molecular complexity index is 263. The van der Waals surface area contributed by atoms with E-state index in [2.05, 4.69) is 0 Å². The molecule has 4 nitrogen and oxygen atoms in total. The van der Waals surface area contributed by atoms with E-state index in [0.29, 0.717) is 17.1 Å². The van der Waals surface area contributed by atoms with Crippen molar-refractivity contribution in [2.45, 2.75) is 0 Å². The summed E-state index contributed by atoms with van der Waals surface area (Å²) in [7, 11) is 0. The maximum absolute atomic E-state index is 8.49. The summed E-state index contributed by atoms with van der Waals surface area (Å²) in [5.74, 6) is 0.518. The zero-order chi connectivity index (χ0) is 8.97. The van der Waals surface area contributed by atoms with E-state index >= 15 is 0 Å². The van der Waals surface area contributed by atoms with Crippen LogP contribution in [0.2, 0.25) is 0 Å². The summed E-state index contributed by atoms with van der Waals surface area (Å²) >= 11 is 0. The van der Waals surface area contributed by atoms with Crippen molar-refractivity contribution >= 4 is 11.4 Å². The minimum absolute atomic E-state index is 0.0335. The van der Waals surface area contributed by atoms with E-state index in [9.17, 15) is 0 Å². The molecule has 1 rings (SSSR count). The lowest BCUT2D eigenvalue weighted by Crippen LogP contribution is -2.05. The second-order valence-electron chi connectivity index (χ2n) is 2.33. The maximum atomic E-state index is 8.49. The summed E-state index contributed by atoms with van der Waals surface area (Å²) in [4.78, 5) is 0. The van der Waals surface area contributed by atoms with Gasteiger partial charge >= 0.3 is 0 Å². The normalized spacial score (nSPS) is 9.75. The van der Waals surface area contributed by atoms with Gasteiger partial charge in [-0.2, -0.15) is 0 Å². The van der Waals surface area contributed by atoms with Crippen LogP contribution in [0.25, 0.3) is 0 Å². The third kappa shape index (κ3) is 1.79. The van der Waals surface area contributed by atoms with Crippen LogP contribution in [0.3, 0.4) is 0 Å². The highest BCUT2D eigenvalue weighted by atomic mass is 16.5. The number of para-hydroxylation sites is 1. The Morgan fingerprint density at radius 2 is 2.08 bits per heavy atom. The molecule has 0 bridgehead atoms. The number of rotatable bonds is 3. The van der Waals surface area contributed by atoms with Gasteiger partial charge in [-0.25, -0.2) is 0 Å². The first-order valence-electron chi connectivity index (χ1n) is 3.63. The fourth-order valence-electron chi connectivity index (χ4n) is 0.842. The lowest BCUT2D eigenvalue weighted by molar-refractivity contribution is 0.202. The molecule has 0 fully saturated rings. The standard InChI is InChI=1S/C8H12N2O2/c9-6-2-1-3-7(8(6)10)12-5-4-11/h1-3,11H,4-5,9-10H2. The molecule has 0 atom stereocenters. The van der Waals surface area contributed by atoms with Crippen molar-refractivity contribution in [2.24, 2.45) is 0 Å². The summed E-state index contributed by atoms with van der Waals surface area (Å²) in [5, 5.41) is 8.49. The van der Waals surface area contributed by atoms with E-state index in [0.717, 1.165) is 0 Å². The summed E-state index contributed by atoms with van der Waals surface area (Å²) in [6.07, 6.45) is 0. The van der Waals surface area contributed by atoms with Gasteiger partial charge in [0.25, 0.3) is 0 Å². The van der Waals surface area contributed by atoms with Gasteiger partial charge in [-0.15, -0.1) is 0 Å². The number of nitrogens with two attached hydrogens (primary N) is 2. The molecular weight excluding hydrogens is 156 g/mol. The molecule has 0 aliphatic rings. The molecule has 0 heterocycles. The Kier molecular flexibility index (Phi) is 2.76. The van der Waals surface area contributed by atoms with Crippen molar-refractivity contribution in [3.05, 3.63) is 18.2 Å². The first kappa shape index (κ1) is 8.67. The first-order valence-corrected chi connectivity index (χ1v) is 3.63. The highest BCUT2D eigenvalue weighted by Crippen LogP contribution is 2.26. The summed E-state index contributed by atoms with van der Waals surface area (Å²) in [6.45, 7) is 0.196. The van der Waals surface area contributed by atoms with E-state index in [1.807, 2.05) is 0 Å². The van der Waals surface area contributed by atoms with E-state index in [1.165, 1.54) is 0 Å². The van der Waals surface area contributed by atoms with Gasteiger partial charge in [0.05, 0.1) is 18.0 Å². The number of hydrogen-bond acceptors (Lipinski definition) is 4. The third-order valence-corrected chi connectivity index (χ3v) is 1.45. The Balaban J connectivity index is 2.78. The van der Waals surface area contributed by atoms with Gasteiger partial charge in [-0.05, 0) is 12.1 Å². The SMILES string of the molecule is Nc1cccc(OCCO)c1N. The number of anilines is 2. The van der Waals surface area contributed by atoms with E-state index in [4.69, 9.17) is 21.3 Å². The van der Waals surface area contributed by atoms with Crippen LogP contribution in [0.4, 0.5) is 11.4 Å². The number of aliphatic hydroxyl groups excluding tert-OH is 1. The molecule has 0 unspecified atom stereocenters. The predicted octanol–water partition coefficient (Wildman–Crippen LogP) is 0.222. The van der Waals surface area contributed by atoms with Gasteiger partial charge in [0.1, 0.15) is 12.4 Å². The van der Waals surface area contributed by atoms with Gasteiger partial charge in [0.15, 0.2) is 0 Å². The molecule has 5 N–H and O–H groups in total. The second-order valence-corrected chi connectivity index (χ2v) is 2.33. The topological polar surface area (TPSA) is 81.5 Å². The molecule has 0 saturated carbocycles. The Morgan fingerprint density at radius 3 is 2.75 bits per heavy atom. The minimum Gasteiger partial charge on any atom is -0.489 e. The average Bonchev–Trinajstić information content (AvgIpc) is 2.08. The van der Waals surface area contributed by atoms with Crippen LogP contribution in [0.15, 0.2) is 18.2 Å². The molecule has 0 aliphatic heterocycles. The first-order chi connectivity index (χ1) is 5.75. The van der Waals surface area contributed by atoms with Crippen LogP contribution in [0, 0.1) is 0 Å². The zero-order valence-corrected chi connectivity index (χ0v) is 6.66. The Hall–Kier alpha value is -1.42. The van der Waals surface area contributed by atoms with Crippen LogP contribution >= 0.6 is 0 Å². The molecule has 0 aromatic heterocycles. The molecular formula is C8H12N2O2. The number of aliphatic hydroxyl groups is 1. The van der Waals surface area contributed by atoms with E-state index in [1.54, 1.807) is 18.2 Å². The zero-order valence-electron chi connectivity index (χ0n) is 6.66. The molecule has 4 heteroatoms. The number of benzene rings is 1. The summed E-state index contributed by atoms with van der Waals surface area (Å²) in [5.41, 5.74) is 12.0. The van der Waals surface area contributed by atoms with Gasteiger partial charge < -0.3 is 21.3 Å². The lowest BCUT2D eigenvalue weighted by atomic mass is 10.2. The molecule has 1 aromatic rings. The summed E-state index contributed by atoms with van der Waals surface area (Å²) in [6, 6.07) is 5.15. The number of ether oxygens (including phenoxy) is 1. The third-order valence-electron chi connectivity index (χ3n) is 1.45. The number of nitrogen functional groups attached to an aromatic ring is 2. The van der Waals surface area contributed by atoms with Crippen molar-refractivity contribution in [2.75, 3.05) is 24.7 Å². The molecule has 1 aromatic carbocycles. The van der Waals surface area contributed by atoms with Crippen LogP contribution in [-0.2, 0) is 0 Å². The van der Waals surface area contributed by atoms with Gasteiger partial charge in [0.2, 0.25) is 0 Å². The minimum atomic E-state index is -0.0335. The Labute approximate surface area is 70.7 Å². The quantitative estimate of drug-likeness (QED) is 0.564. The fraction of sp³-hybridized carbons (Fsp3) is 0.250. The second kappa shape index (κ2) is 3.82. The lowest BCUT2D eigenvalue weighted by Gasteiger charge is -2.08. The number of hydrogen-bond donors (Lipinski definition) is 3. The van der Waals surface area contributed by atoms with Crippen molar-refractivity contribution in [3.63, 3.8) is 0 Å². The molecule has 0 spiro atoms. The van der Waals surface area contributed by atoms with Crippen molar-refractivity contribution in [1.82, 2.24) is 0 Å².